The van der Waals surface area contributed by atoms with Crippen molar-refractivity contribution in [2.45, 2.75) is 12.5 Å². The van der Waals surface area contributed by atoms with Gasteiger partial charge in [-0.15, -0.1) is 0 Å². The van der Waals surface area contributed by atoms with Gasteiger partial charge < -0.3 is 0 Å². The molecule has 0 amide bonds. The van der Waals surface area contributed by atoms with Gasteiger partial charge in [0.2, 0.25) is 0 Å². The SMILES string of the molecule is N[C@@H](Cc1ccccc1[SeH])C(=O)O. The Morgan fingerprint density at radius 1 is 1.54 bits per heavy atom. The van der Waals surface area contributed by atoms with E-state index in [2.05, 4.69) is 16.0 Å². The Balaban J connectivity index is 2.74. The van der Waals surface area contributed by atoms with Crippen LogP contribution in [0.3, 0.4) is 0 Å². The summed E-state index contributed by atoms with van der Waals surface area (Å²) in [5.74, 6) is -0.962. The van der Waals surface area contributed by atoms with Crippen LogP contribution < -0.4 is 10.2 Å². The van der Waals surface area contributed by atoms with E-state index in [-0.39, 0.29) is 0 Å². The van der Waals surface area contributed by atoms with Gasteiger partial charge in [-0.25, -0.2) is 0 Å². The zero-order valence-electron chi connectivity index (χ0n) is 6.97. The van der Waals surface area contributed by atoms with Crippen molar-refractivity contribution in [2.75, 3.05) is 0 Å². The molecule has 0 spiro atoms. The normalized spacial score (nSPS) is 12.5. The van der Waals surface area contributed by atoms with Gasteiger partial charge in [0, 0.05) is 0 Å². The second-order valence-corrected chi connectivity index (χ2v) is 3.79. The molecular formula is C9H11NO2Se. The number of benzene rings is 1. The minimum atomic E-state index is -0.962. The van der Waals surface area contributed by atoms with Crippen molar-refractivity contribution in [1.29, 1.82) is 0 Å². The summed E-state index contributed by atoms with van der Waals surface area (Å²) in [6, 6.07) is 6.77. The van der Waals surface area contributed by atoms with Gasteiger partial charge in [0.1, 0.15) is 0 Å². The molecule has 0 saturated heterocycles. The third-order valence-electron chi connectivity index (χ3n) is 1.75. The van der Waals surface area contributed by atoms with Crippen LogP contribution >= 0.6 is 0 Å². The topological polar surface area (TPSA) is 63.3 Å². The first-order chi connectivity index (χ1) is 6.11. The molecule has 0 radical (unpaired) electrons. The molecule has 0 saturated carbocycles. The van der Waals surface area contributed by atoms with Crippen molar-refractivity contribution in [1.82, 2.24) is 0 Å². The molecule has 0 aliphatic heterocycles. The number of hydrogen-bond donors (Lipinski definition) is 2. The van der Waals surface area contributed by atoms with Crippen molar-refractivity contribution < 1.29 is 9.90 Å². The summed E-state index contributed by atoms with van der Waals surface area (Å²) >= 11 is 2.41. The van der Waals surface area contributed by atoms with E-state index in [1.165, 1.54) is 0 Å². The first-order valence-corrected chi connectivity index (χ1v) is 4.80. The Bertz CT molecular complexity index is 314. The van der Waals surface area contributed by atoms with Crippen molar-refractivity contribution in [3.8, 4) is 0 Å². The van der Waals surface area contributed by atoms with Gasteiger partial charge in [0.05, 0.1) is 0 Å². The van der Waals surface area contributed by atoms with E-state index >= 15 is 0 Å². The van der Waals surface area contributed by atoms with E-state index in [1.807, 2.05) is 24.3 Å². The van der Waals surface area contributed by atoms with Crippen LogP contribution in [0.2, 0.25) is 0 Å². The molecule has 3 N–H and O–H groups in total. The molecule has 1 aromatic rings. The molecule has 4 heteroatoms. The van der Waals surface area contributed by atoms with E-state index in [9.17, 15) is 4.79 Å². The molecular weight excluding hydrogens is 233 g/mol. The van der Waals surface area contributed by atoms with Gasteiger partial charge in [-0.05, 0) is 0 Å². The first kappa shape index (κ1) is 10.3. The average molecular weight is 244 g/mol. The predicted molar refractivity (Wildman–Crippen MR) is 52.5 cm³/mol. The molecule has 0 aromatic heterocycles. The van der Waals surface area contributed by atoms with Crippen LogP contribution in [0.5, 0.6) is 0 Å². The monoisotopic (exact) mass is 245 g/mol. The fourth-order valence-electron chi connectivity index (χ4n) is 1.01. The van der Waals surface area contributed by atoms with Crippen LogP contribution in [0.15, 0.2) is 24.3 Å². The molecule has 1 rings (SSSR count). The Morgan fingerprint density at radius 3 is 2.69 bits per heavy atom. The zero-order valence-corrected chi connectivity index (χ0v) is 8.85. The van der Waals surface area contributed by atoms with E-state index < -0.39 is 12.0 Å². The minimum absolute atomic E-state index is 0.375. The van der Waals surface area contributed by atoms with Gasteiger partial charge >= 0.3 is 84.4 Å². The molecule has 0 aliphatic carbocycles. The van der Waals surface area contributed by atoms with Gasteiger partial charge in [-0.3, -0.25) is 0 Å². The number of carboxylic acids is 1. The van der Waals surface area contributed by atoms with Crippen LogP contribution in [0.25, 0.3) is 0 Å². The maximum absolute atomic E-state index is 10.5. The third kappa shape index (κ3) is 2.84. The number of carboxylic acid groups (broad SMARTS) is 1. The zero-order chi connectivity index (χ0) is 9.84. The molecule has 1 aromatic carbocycles. The number of rotatable bonds is 3. The number of hydrogen-bond acceptors (Lipinski definition) is 2. The fraction of sp³-hybridized carbons (Fsp3) is 0.222. The maximum atomic E-state index is 10.5. The summed E-state index contributed by atoms with van der Waals surface area (Å²) in [5, 5.41) is 8.60. The molecule has 3 nitrogen and oxygen atoms in total. The summed E-state index contributed by atoms with van der Waals surface area (Å²) in [5.41, 5.74) is 6.38. The first-order valence-electron chi connectivity index (χ1n) is 3.86. The van der Waals surface area contributed by atoms with Crippen molar-refractivity contribution in [2.24, 2.45) is 5.73 Å². The van der Waals surface area contributed by atoms with Crippen LogP contribution in [0.4, 0.5) is 0 Å². The van der Waals surface area contributed by atoms with Gasteiger partial charge in [-0.1, -0.05) is 0 Å². The fourth-order valence-corrected chi connectivity index (χ4v) is 1.54. The second kappa shape index (κ2) is 4.42. The van der Waals surface area contributed by atoms with Crippen LogP contribution in [-0.2, 0) is 11.2 Å². The summed E-state index contributed by atoms with van der Waals surface area (Å²) in [7, 11) is 0. The summed E-state index contributed by atoms with van der Waals surface area (Å²) in [4.78, 5) is 10.5. The van der Waals surface area contributed by atoms with Crippen LogP contribution in [0, 0.1) is 0 Å². The number of nitrogens with two attached hydrogens (primary N) is 1. The average Bonchev–Trinajstić information content (AvgIpc) is 2.08. The van der Waals surface area contributed by atoms with Crippen molar-refractivity contribution in [3.63, 3.8) is 0 Å². The van der Waals surface area contributed by atoms with Crippen molar-refractivity contribution in [3.05, 3.63) is 29.8 Å². The van der Waals surface area contributed by atoms with E-state index in [4.69, 9.17) is 10.8 Å². The summed E-state index contributed by atoms with van der Waals surface area (Å²) < 4.78 is 1.02. The van der Waals surface area contributed by atoms with E-state index in [0.29, 0.717) is 6.42 Å². The van der Waals surface area contributed by atoms with Gasteiger partial charge in [0.15, 0.2) is 0 Å². The van der Waals surface area contributed by atoms with Gasteiger partial charge in [-0.2, -0.15) is 0 Å². The predicted octanol–water partition coefficient (Wildman–Crippen LogP) is -0.833. The third-order valence-corrected chi connectivity index (χ3v) is 2.66. The summed E-state index contributed by atoms with van der Waals surface area (Å²) in [6.07, 6.45) is 0.375. The van der Waals surface area contributed by atoms with Crippen LogP contribution in [0.1, 0.15) is 5.56 Å². The molecule has 0 unspecified atom stereocenters. The Morgan fingerprint density at radius 2 is 2.15 bits per heavy atom. The molecule has 0 fully saturated rings. The van der Waals surface area contributed by atoms with Gasteiger partial charge in [0.25, 0.3) is 0 Å². The second-order valence-electron chi connectivity index (χ2n) is 2.78. The Labute approximate surface area is 84.8 Å². The summed E-state index contributed by atoms with van der Waals surface area (Å²) in [6.45, 7) is 0. The number of carbonyl (C=O) groups is 1. The van der Waals surface area contributed by atoms with E-state index in [1.54, 1.807) is 0 Å². The molecule has 1 atom stereocenters. The molecule has 0 heterocycles. The van der Waals surface area contributed by atoms with Crippen LogP contribution in [-0.4, -0.2) is 33.1 Å². The van der Waals surface area contributed by atoms with E-state index in [0.717, 1.165) is 10.0 Å². The molecule has 70 valence electrons. The number of aliphatic carboxylic acids is 1. The molecule has 13 heavy (non-hydrogen) atoms. The standard InChI is InChI=1S/C9H11NO2Se/c10-7(9(11)12)5-6-3-1-2-4-8(6)13/h1-4,7,13H,5,10H2,(H,11,12)/t7-/m0/s1. The molecule has 0 bridgehead atoms. The quantitative estimate of drug-likeness (QED) is 0.682. The molecule has 0 aliphatic rings. The Kier molecular flexibility index (Phi) is 3.48. The Hall–Kier alpha value is -0.831. The van der Waals surface area contributed by atoms with Crippen molar-refractivity contribution >= 4 is 26.4 Å².